The van der Waals surface area contributed by atoms with Crippen LogP contribution < -0.4 is 5.32 Å². The fourth-order valence-corrected chi connectivity index (χ4v) is 2.65. The van der Waals surface area contributed by atoms with Crippen molar-refractivity contribution < 1.29 is 9.59 Å². The Labute approximate surface area is 130 Å². The molecule has 1 aliphatic carbocycles. The second-order valence-corrected chi connectivity index (χ2v) is 5.97. The summed E-state index contributed by atoms with van der Waals surface area (Å²) in [4.78, 5) is 29.9. The molecular formula is C17H21N3O2. The first kappa shape index (κ1) is 14.8. The van der Waals surface area contributed by atoms with Gasteiger partial charge < -0.3 is 10.2 Å². The Hall–Kier alpha value is -2.17. The molecule has 22 heavy (non-hydrogen) atoms. The molecule has 1 saturated heterocycles. The zero-order valence-electron chi connectivity index (χ0n) is 12.6. The first-order valence-electron chi connectivity index (χ1n) is 7.91. The highest BCUT2D eigenvalue weighted by atomic mass is 16.2. The van der Waals surface area contributed by atoms with Gasteiger partial charge in [0.2, 0.25) is 11.8 Å². The summed E-state index contributed by atoms with van der Waals surface area (Å²) < 4.78 is 0. The standard InChI is InChI=1S/C17H21N3O2/c21-16(7-6-14-3-1-2-10-18-14)20-11-8-15(9-12-20)19-17(22)13-4-5-13/h1-3,6-7,10,13,15H,4-5,8-9,11-12H2,(H,19,22)/b7-6-. The number of carbonyl (C=O) groups is 2. The highest BCUT2D eigenvalue weighted by Crippen LogP contribution is 2.29. The number of pyridine rings is 1. The quantitative estimate of drug-likeness (QED) is 0.859. The minimum absolute atomic E-state index is 0.0117. The van der Waals surface area contributed by atoms with Gasteiger partial charge in [0.25, 0.3) is 0 Å². The Morgan fingerprint density at radius 2 is 1.95 bits per heavy atom. The molecule has 5 nitrogen and oxygen atoms in total. The number of piperidine rings is 1. The molecular weight excluding hydrogens is 278 g/mol. The summed E-state index contributed by atoms with van der Waals surface area (Å²) >= 11 is 0. The van der Waals surface area contributed by atoms with Gasteiger partial charge in [-0.1, -0.05) is 6.07 Å². The van der Waals surface area contributed by atoms with E-state index in [1.807, 2.05) is 23.1 Å². The molecule has 0 spiro atoms. The number of nitrogens with one attached hydrogen (secondary N) is 1. The van der Waals surface area contributed by atoms with Gasteiger partial charge in [-0.2, -0.15) is 0 Å². The molecule has 1 aromatic rings. The summed E-state index contributed by atoms with van der Waals surface area (Å²) in [5.41, 5.74) is 0.780. The Balaban J connectivity index is 1.45. The maximum atomic E-state index is 12.1. The smallest absolute Gasteiger partial charge is 0.246 e. The van der Waals surface area contributed by atoms with Crippen LogP contribution in [0, 0.1) is 5.92 Å². The van der Waals surface area contributed by atoms with E-state index in [4.69, 9.17) is 0 Å². The van der Waals surface area contributed by atoms with E-state index >= 15 is 0 Å². The molecule has 0 bridgehead atoms. The van der Waals surface area contributed by atoms with Gasteiger partial charge in [0.15, 0.2) is 0 Å². The lowest BCUT2D eigenvalue weighted by Gasteiger charge is -2.31. The number of hydrogen-bond donors (Lipinski definition) is 1. The molecule has 2 fully saturated rings. The summed E-state index contributed by atoms with van der Waals surface area (Å²) in [6.07, 6.45) is 8.75. The minimum Gasteiger partial charge on any atom is -0.353 e. The third-order valence-electron chi connectivity index (χ3n) is 4.19. The van der Waals surface area contributed by atoms with Crippen molar-refractivity contribution in [3.63, 3.8) is 0 Å². The molecule has 0 atom stereocenters. The number of amides is 2. The van der Waals surface area contributed by atoms with E-state index in [0.29, 0.717) is 13.1 Å². The van der Waals surface area contributed by atoms with E-state index in [9.17, 15) is 9.59 Å². The van der Waals surface area contributed by atoms with E-state index in [1.54, 1.807) is 18.3 Å². The predicted molar refractivity (Wildman–Crippen MR) is 83.7 cm³/mol. The molecule has 2 aliphatic rings. The molecule has 1 aromatic heterocycles. The average molecular weight is 299 g/mol. The first-order chi connectivity index (χ1) is 10.7. The van der Waals surface area contributed by atoms with Gasteiger partial charge in [-0.05, 0) is 43.9 Å². The lowest BCUT2D eigenvalue weighted by atomic mass is 10.0. The minimum atomic E-state index is 0.0117. The predicted octanol–water partition coefficient (Wildman–Crippen LogP) is 1.61. The van der Waals surface area contributed by atoms with Crippen LogP contribution in [0.25, 0.3) is 6.08 Å². The second kappa shape index (κ2) is 6.73. The third kappa shape index (κ3) is 3.93. The lowest BCUT2D eigenvalue weighted by Crippen LogP contribution is -2.46. The molecule has 1 aliphatic heterocycles. The molecule has 3 rings (SSSR count). The highest BCUT2D eigenvalue weighted by molar-refractivity contribution is 5.91. The zero-order chi connectivity index (χ0) is 15.4. The van der Waals surface area contributed by atoms with Crippen LogP contribution in [0.4, 0.5) is 0 Å². The Morgan fingerprint density at radius 3 is 2.59 bits per heavy atom. The van der Waals surface area contributed by atoms with Gasteiger partial charge in [-0.15, -0.1) is 0 Å². The Kier molecular flexibility index (Phi) is 4.51. The third-order valence-corrected chi connectivity index (χ3v) is 4.19. The fourth-order valence-electron chi connectivity index (χ4n) is 2.65. The van der Waals surface area contributed by atoms with Crippen LogP contribution in [-0.4, -0.2) is 40.8 Å². The monoisotopic (exact) mass is 299 g/mol. The summed E-state index contributed by atoms with van der Waals surface area (Å²) in [7, 11) is 0. The molecule has 0 aromatic carbocycles. The maximum absolute atomic E-state index is 12.1. The molecule has 1 saturated carbocycles. The molecule has 5 heteroatoms. The van der Waals surface area contributed by atoms with E-state index in [1.165, 1.54) is 0 Å². The number of nitrogens with zero attached hydrogens (tertiary/aromatic N) is 2. The van der Waals surface area contributed by atoms with Crippen LogP contribution >= 0.6 is 0 Å². The summed E-state index contributed by atoms with van der Waals surface area (Å²) in [5.74, 6) is 0.457. The van der Waals surface area contributed by atoms with Crippen LogP contribution in [0.15, 0.2) is 30.5 Å². The van der Waals surface area contributed by atoms with Gasteiger partial charge in [0.05, 0.1) is 5.69 Å². The van der Waals surface area contributed by atoms with E-state index in [2.05, 4.69) is 10.3 Å². The fraction of sp³-hybridized carbons (Fsp3) is 0.471. The SMILES string of the molecule is O=C(NC1CCN(C(=O)/C=C\c2ccccn2)CC1)C1CC1. The number of aromatic nitrogens is 1. The van der Waals surface area contributed by atoms with Crippen molar-refractivity contribution in [2.45, 2.75) is 31.7 Å². The zero-order valence-corrected chi connectivity index (χ0v) is 12.6. The summed E-state index contributed by atoms with van der Waals surface area (Å²) in [5, 5.41) is 3.09. The van der Waals surface area contributed by atoms with Crippen molar-refractivity contribution in [2.75, 3.05) is 13.1 Å². The molecule has 2 heterocycles. The maximum Gasteiger partial charge on any atom is 0.246 e. The highest BCUT2D eigenvalue weighted by Gasteiger charge is 2.32. The van der Waals surface area contributed by atoms with Crippen LogP contribution in [0.5, 0.6) is 0 Å². The van der Waals surface area contributed by atoms with Crippen molar-refractivity contribution >= 4 is 17.9 Å². The van der Waals surface area contributed by atoms with Crippen molar-refractivity contribution in [1.29, 1.82) is 0 Å². The van der Waals surface area contributed by atoms with Crippen molar-refractivity contribution in [1.82, 2.24) is 15.2 Å². The van der Waals surface area contributed by atoms with E-state index in [0.717, 1.165) is 31.4 Å². The number of rotatable bonds is 4. The topological polar surface area (TPSA) is 62.3 Å². The van der Waals surface area contributed by atoms with Crippen LogP contribution in [-0.2, 0) is 9.59 Å². The van der Waals surface area contributed by atoms with Crippen LogP contribution in [0.3, 0.4) is 0 Å². The average Bonchev–Trinajstić information content (AvgIpc) is 3.39. The lowest BCUT2D eigenvalue weighted by molar-refractivity contribution is -0.127. The summed E-state index contributed by atoms with van der Waals surface area (Å²) in [6, 6.07) is 5.83. The molecule has 116 valence electrons. The largest absolute Gasteiger partial charge is 0.353 e. The van der Waals surface area contributed by atoms with E-state index < -0.39 is 0 Å². The number of likely N-dealkylation sites (tertiary alicyclic amines) is 1. The van der Waals surface area contributed by atoms with Crippen molar-refractivity contribution in [3.8, 4) is 0 Å². The van der Waals surface area contributed by atoms with E-state index in [-0.39, 0.29) is 23.8 Å². The Morgan fingerprint density at radius 1 is 1.18 bits per heavy atom. The van der Waals surface area contributed by atoms with Crippen LogP contribution in [0.2, 0.25) is 0 Å². The van der Waals surface area contributed by atoms with Gasteiger partial charge in [0, 0.05) is 37.3 Å². The summed E-state index contributed by atoms with van der Waals surface area (Å²) in [6.45, 7) is 1.39. The normalized spacial score (nSPS) is 19.4. The second-order valence-electron chi connectivity index (χ2n) is 5.97. The molecule has 2 amide bonds. The molecule has 1 N–H and O–H groups in total. The van der Waals surface area contributed by atoms with Gasteiger partial charge in [-0.3, -0.25) is 14.6 Å². The van der Waals surface area contributed by atoms with Gasteiger partial charge >= 0.3 is 0 Å². The number of carbonyl (C=O) groups excluding carboxylic acids is 2. The molecule has 0 unspecified atom stereocenters. The van der Waals surface area contributed by atoms with Gasteiger partial charge in [0.1, 0.15) is 0 Å². The molecule has 0 radical (unpaired) electrons. The Bertz CT molecular complexity index is 559. The van der Waals surface area contributed by atoms with Gasteiger partial charge in [-0.25, -0.2) is 0 Å². The van der Waals surface area contributed by atoms with Crippen molar-refractivity contribution in [2.24, 2.45) is 5.92 Å². The first-order valence-corrected chi connectivity index (χ1v) is 7.91. The van der Waals surface area contributed by atoms with Crippen molar-refractivity contribution in [3.05, 3.63) is 36.2 Å². The van der Waals surface area contributed by atoms with Crippen LogP contribution in [0.1, 0.15) is 31.4 Å². The number of hydrogen-bond acceptors (Lipinski definition) is 3.